The fourth-order valence-electron chi connectivity index (χ4n) is 2.41. The summed E-state index contributed by atoms with van der Waals surface area (Å²) < 4.78 is 38.6. The number of nitrogens with zero attached hydrogens (tertiary/aromatic N) is 5. The number of thioether (sulfide) groups is 1. The van der Waals surface area contributed by atoms with E-state index < -0.39 is 22.5 Å². The average Bonchev–Trinajstić information content (AvgIpc) is 3.26. The molecule has 1 aromatic carbocycles. The van der Waals surface area contributed by atoms with Crippen LogP contribution in [0.3, 0.4) is 0 Å². The maximum absolute atomic E-state index is 14.4. The molecule has 0 saturated carbocycles. The van der Waals surface area contributed by atoms with E-state index in [4.69, 9.17) is 4.74 Å². The van der Waals surface area contributed by atoms with E-state index in [1.807, 2.05) is 0 Å². The van der Waals surface area contributed by atoms with Gasteiger partial charge in [-0.05, 0) is 24.5 Å². The summed E-state index contributed by atoms with van der Waals surface area (Å²) in [5.41, 5.74) is -1.74. The van der Waals surface area contributed by atoms with Gasteiger partial charge in [0.05, 0.1) is 13.7 Å². The molecule has 11 heteroatoms. The maximum atomic E-state index is 14.4. The Balaban J connectivity index is 1.95. The first-order valence-corrected chi connectivity index (χ1v) is 9.12. The van der Waals surface area contributed by atoms with Crippen molar-refractivity contribution < 1.29 is 18.6 Å². The topological polar surface area (TPSA) is 86.0 Å². The summed E-state index contributed by atoms with van der Waals surface area (Å²) in [6.45, 7) is 1.65. The molecule has 0 saturated heterocycles. The Kier molecular flexibility index (Phi) is 5.49. The van der Waals surface area contributed by atoms with Crippen LogP contribution in [0.5, 0.6) is 6.01 Å². The number of hydrogen-bond acceptors (Lipinski definition) is 8. The second-order valence-electron chi connectivity index (χ2n) is 5.45. The van der Waals surface area contributed by atoms with E-state index in [2.05, 4.69) is 19.4 Å². The Bertz CT molecular complexity index is 877. The SMILES string of the molecule is COc1nsc(S[C@H](C)[C@](O)(Cn2cncn2)c2ccc(F)cc2F)n1. The lowest BCUT2D eigenvalue weighted by Gasteiger charge is -2.33. The maximum Gasteiger partial charge on any atom is 0.329 e. The van der Waals surface area contributed by atoms with Crippen molar-refractivity contribution in [2.75, 3.05) is 7.11 Å². The monoisotopic (exact) mass is 399 g/mol. The lowest BCUT2D eigenvalue weighted by atomic mass is 9.90. The van der Waals surface area contributed by atoms with E-state index >= 15 is 0 Å². The number of aliphatic hydroxyl groups is 1. The van der Waals surface area contributed by atoms with E-state index in [1.165, 1.54) is 42.3 Å². The third kappa shape index (κ3) is 3.84. The highest BCUT2D eigenvalue weighted by atomic mass is 32.2. The quantitative estimate of drug-likeness (QED) is 0.611. The van der Waals surface area contributed by atoms with Gasteiger partial charge >= 0.3 is 6.01 Å². The van der Waals surface area contributed by atoms with Crippen LogP contribution in [0.25, 0.3) is 0 Å². The zero-order valence-corrected chi connectivity index (χ0v) is 15.5. The lowest BCUT2D eigenvalue weighted by Crippen LogP contribution is -2.41. The van der Waals surface area contributed by atoms with Crippen molar-refractivity contribution in [2.24, 2.45) is 0 Å². The molecule has 0 aliphatic carbocycles. The summed E-state index contributed by atoms with van der Waals surface area (Å²) in [6, 6.07) is 3.31. The predicted octanol–water partition coefficient (Wildman–Crippen LogP) is 2.49. The number of rotatable bonds is 7. The summed E-state index contributed by atoms with van der Waals surface area (Å²) in [7, 11) is 1.45. The van der Waals surface area contributed by atoms with Gasteiger partial charge in [0, 0.05) is 16.9 Å². The van der Waals surface area contributed by atoms with Crippen molar-refractivity contribution in [2.45, 2.75) is 28.7 Å². The van der Waals surface area contributed by atoms with Gasteiger partial charge in [0.15, 0.2) is 4.34 Å². The Morgan fingerprint density at radius 3 is 2.85 bits per heavy atom. The summed E-state index contributed by atoms with van der Waals surface area (Å²) in [5.74, 6) is -1.56. The van der Waals surface area contributed by atoms with Gasteiger partial charge in [-0.25, -0.2) is 18.4 Å². The van der Waals surface area contributed by atoms with Crippen molar-refractivity contribution >= 4 is 23.3 Å². The van der Waals surface area contributed by atoms with Crippen LogP contribution in [0, 0.1) is 11.6 Å². The fraction of sp³-hybridized carbons (Fsp3) is 0.333. The number of methoxy groups -OCH3 is 1. The van der Waals surface area contributed by atoms with Crippen LogP contribution >= 0.6 is 23.3 Å². The largest absolute Gasteiger partial charge is 0.466 e. The Morgan fingerprint density at radius 2 is 2.23 bits per heavy atom. The van der Waals surface area contributed by atoms with Crippen molar-refractivity contribution in [3.05, 3.63) is 48.1 Å². The molecule has 3 aromatic rings. The van der Waals surface area contributed by atoms with Crippen molar-refractivity contribution in [1.29, 1.82) is 0 Å². The average molecular weight is 399 g/mol. The highest BCUT2D eigenvalue weighted by molar-refractivity contribution is 8.01. The molecular weight excluding hydrogens is 384 g/mol. The van der Waals surface area contributed by atoms with Crippen molar-refractivity contribution in [3.63, 3.8) is 0 Å². The zero-order valence-electron chi connectivity index (χ0n) is 13.8. The molecule has 1 N–H and O–H groups in total. The van der Waals surface area contributed by atoms with Crippen molar-refractivity contribution in [3.8, 4) is 6.01 Å². The van der Waals surface area contributed by atoms with Gasteiger partial charge in [-0.3, -0.25) is 0 Å². The highest BCUT2D eigenvalue weighted by Gasteiger charge is 2.40. The molecule has 0 aliphatic heterocycles. The predicted molar refractivity (Wildman–Crippen MR) is 92.1 cm³/mol. The molecule has 0 spiro atoms. The van der Waals surface area contributed by atoms with Gasteiger partial charge in [-0.2, -0.15) is 10.1 Å². The summed E-state index contributed by atoms with van der Waals surface area (Å²) >= 11 is 2.31. The van der Waals surface area contributed by atoms with Crippen LogP contribution in [-0.2, 0) is 12.1 Å². The van der Waals surface area contributed by atoms with Crippen LogP contribution in [0.1, 0.15) is 12.5 Å². The fourth-order valence-corrected chi connectivity index (χ4v) is 4.35. The van der Waals surface area contributed by atoms with Crippen LogP contribution in [0.4, 0.5) is 8.78 Å². The van der Waals surface area contributed by atoms with Crippen LogP contribution in [0.15, 0.2) is 35.2 Å². The van der Waals surface area contributed by atoms with E-state index in [0.29, 0.717) is 4.34 Å². The zero-order chi connectivity index (χ0) is 18.7. The minimum atomic E-state index is -1.70. The van der Waals surface area contributed by atoms with Gasteiger partial charge < -0.3 is 9.84 Å². The number of ether oxygens (including phenoxy) is 1. The number of halogens is 2. The molecule has 0 amide bonds. The first kappa shape index (κ1) is 18.7. The highest BCUT2D eigenvalue weighted by Crippen LogP contribution is 2.40. The smallest absolute Gasteiger partial charge is 0.329 e. The number of benzene rings is 1. The molecule has 0 aliphatic rings. The summed E-state index contributed by atoms with van der Waals surface area (Å²) in [6.07, 6.45) is 2.73. The van der Waals surface area contributed by atoms with Crippen LogP contribution in [-0.4, -0.2) is 41.6 Å². The molecule has 7 nitrogen and oxygen atoms in total. The lowest BCUT2D eigenvalue weighted by molar-refractivity contribution is 0.0133. The van der Waals surface area contributed by atoms with Gasteiger partial charge in [0.25, 0.3) is 0 Å². The van der Waals surface area contributed by atoms with E-state index in [9.17, 15) is 13.9 Å². The first-order valence-electron chi connectivity index (χ1n) is 7.47. The van der Waals surface area contributed by atoms with Gasteiger partial charge in [0.2, 0.25) is 0 Å². The molecule has 26 heavy (non-hydrogen) atoms. The van der Waals surface area contributed by atoms with E-state index in [1.54, 1.807) is 6.92 Å². The third-order valence-electron chi connectivity index (χ3n) is 3.79. The molecule has 0 fully saturated rings. The minimum Gasteiger partial charge on any atom is -0.466 e. The Hall–Kier alpha value is -2.11. The third-order valence-corrected chi connectivity index (χ3v) is 5.83. The van der Waals surface area contributed by atoms with Crippen LogP contribution < -0.4 is 4.74 Å². The van der Waals surface area contributed by atoms with Gasteiger partial charge in [-0.1, -0.05) is 17.8 Å². The second kappa shape index (κ2) is 7.64. The molecule has 2 aromatic heterocycles. The molecule has 3 rings (SSSR count). The molecule has 138 valence electrons. The van der Waals surface area contributed by atoms with Gasteiger partial charge in [-0.15, -0.1) is 4.37 Å². The van der Waals surface area contributed by atoms with E-state index in [0.717, 1.165) is 23.7 Å². The standard InChI is InChI=1S/C15H15F2N5O2S2/c1-9(25-14-20-13(24-2)21-26-14)15(23,6-22-8-18-7-19-22)11-4-3-10(16)5-12(11)17/h3-5,7-9,23H,6H2,1-2H3/t9-,15-/m1/s1. The molecule has 2 heterocycles. The summed E-state index contributed by atoms with van der Waals surface area (Å²) in [5, 5.41) is 14.8. The van der Waals surface area contributed by atoms with Gasteiger partial charge in [0.1, 0.15) is 29.9 Å². The van der Waals surface area contributed by atoms with E-state index in [-0.39, 0.29) is 18.1 Å². The number of hydrogen-bond donors (Lipinski definition) is 1. The second-order valence-corrected chi connectivity index (χ2v) is 7.79. The molecule has 0 radical (unpaired) electrons. The molecule has 2 atom stereocenters. The first-order chi connectivity index (χ1) is 12.4. The van der Waals surface area contributed by atoms with Crippen molar-refractivity contribution in [1.82, 2.24) is 24.1 Å². The Morgan fingerprint density at radius 1 is 1.42 bits per heavy atom. The molecule has 0 bridgehead atoms. The molecule has 0 unspecified atom stereocenters. The molecular formula is C15H15F2N5O2S2. The summed E-state index contributed by atoms with van der Waals surface area (Å²) in [4.78, 5) is 8.00. The normalized spacial score (nSPS) is 14.8. The van der Waals surface area contributed by atoms with Crippen LogP contribution in [0.2, 0.25) is 0 Å². The minimum absolute atomic E-state index is 0.0362. The Labute approximate surface area is 156 Å². The number of aromatic nitrogens is 5.